The largest absolute Gasteiger partial charge is 0.497 e. The van der Waals surface area contributed by atoms with Crippen molar-refractivity contribution in [3.8, 4) is 16.9 Å². The summed E-state index contributed by atoms with van der Waals surface area (Å²) in [6, 6.07) is 16.4. The smallest absolute Gasteiger partial charge is 0.227 e. The SMILES string of the molecule is CNC(=O)[C@@]1(Cc2ccccc2-c2cncnc2)CCCN(Cc2cccc(OC)c2)C1. The fraction of sp³-hybridized carbons (Fsp3) is 0.346. The minimum atomic E-state index is -0.488. The van der Waals surface area contributed by atoms with E-state index in [0.717, 1.165) is 48.4 Å². The number of aromatic nitrogens is 2. The molecule has 3 aromatic rings. The van der Waals surface area contributed by atoms with Crippen LogP contribution in [0.1, 0.15) is 24.0 Å². The number of amides is 1. The fourth-order valence-electron chi connectivity index (χ4n) is 4.83. The zero-order valence-electron chi connectivity index (χ0n) is 18.8. The van der Waals surface area contributed by atoms with Crippen LogP contribution < -0.4 is 10.1 Å². The van der Waals surface area contributed by atoms with Gasteiger partial charge in [-0.25, -0.2) is 9.97 Å². The Hall–Kier alpha value is -3.25. The van der Waals surface area contributed by atoms with E-state index >= 15 is 0 Å². The second-order valence-electron chi connectivity index (χ2n) is 8.49. The number of nitrogens with zero attached hydrogens (tertiary/aromatic N) is 3. The first-order valence-corrected chi connectivity index (χ1v) is 11.0. The molecule has 1 aliphatic heterocycles. The molecule has 4 rings (SSSR count). The number of hydrogen-bond donors (Lipinski definition) is 1. The lowest BCUT2D eigenvalue weighted by Crippen LogP contribution is -2.52. The zero-order valence-corrected chi connectivity index (χ0v) is 18.8. The lowest BCUT2D eigenvalue weighted by molar-refractivity contribution is -0.134. The van der Waals surface area contributed by atoms with Gasteiger partial charge in [-0.15, -0.1) is 0 Å². The van der Waals surface area contributed by atoms with Crippen LogP contribution >= 0.6 is 0 Å². The van der Waals surface area contributed by atoms with E-state index in [1.165, 1.54) is 11.9 Å². The van der Waals surface area contributed by atoms with Crippen molar-refractivity contribution in [1.82, 2.24) is 20.2 Å². The molecular formula is C26H30N4O2. The molecule has 1 saturated heterocycles. The lowest BCUT2D eigenvalue weighted by Gasteiger charge is -2.42. The zero-order chi connectivity index (χ0) is 22.4. The van der Waals surface area contributed by atoms with Gasteiger partial charge < -0.3 is 10.1 Å². The highest BCUT2D eigenvalue weighted by molar-refractivity contribution is 5.83. The Kier molecular flexibility index (Phi) is 6.81. The molecule has 2 aromatic carbocycles. The minimum Gasteiger partial charge on any atom is -0.497 e. The third-order valence-corrected chi connectivity index (χ3v) is 6.32. The molecule has 1 aromatic heterocycles. The predicted octanol–water partition coefficient (Wildman–Crippen LogP) is 3.72. The molecule has 6 nitrogen and oxygen atoms in total. The highest BCUT2D eigenvalue weighted by Gasteiger charge is 2.42. The Labute approximate surface area is 189 Å². The molecule has 166 valence electrons. The summed E-state index contributed by atoms with van der Waals surface area (Å²) in [6.45, 7) is 2.48. The molecule has 0 saturated carbocycles. The van der Waals surface area contributed by atoms with E-state index in [4.69, 9.17) is 4.74 Å². The van der Waals surface area contributed by atoms with E-state index in [0.29, 0.717) is 13.0 Å². The number of methoxy groups -OCH3 is 1. The number of likely N-dealkylation sites (tertiary alicyclic amines) is 1. The second-order valence-corrected chi connectivity index (χ2v) is 8.49. The maximum absolute atomic E-state index is 13.3. The molecule has 2 heterocycles. The van der Waals surface area contributed by atoms with Crippen molar-refractivity contribution >= 4 is 5.91 Å². The number of carbonyl (C=O) groups excluding carboxylic acids is 1. The van der Waals surface area contributed by atoms with Gasteiger partial charge in [0.1, 0.15) is 12.1 Å². The van der Waals surface area contributed by atoms with Gasteiger partial charge >= 0.3 is 0 Å². The van der Waals surface area contributed by atoms with Crippen molar-refractivity contribution in [2.45, 2.75) is 25.8 Å². The van der Waals surface area contributed by atoms with Crippen molar-refractivity contribution in [2.75, 3.05) is 27.2 Å². The van der Waals surface area contributed by atoms with Crippen molar-refractivity contribution in [3.63, 3.8) is 0 Å². The minimum absolute atomic E-state index is 0.104. The van der Waals surface area contributed by atoms with Gasteiger partial charge in [0.25, 0.3) is 0 Å². The van der Waals surface area contributed by atoms with E-state index in [2.05, 4.69) is 44.5 Å². The Morgan fingerprint density at radius 1 is 1.16 bits per heavy atom. The van der Waals surface area contributed by atoms with Gasteiger partial charge in [-0.3, -0.25) is 9.69 Å². The van der Waals surface area contributed by atoms with Crippen LogP contribution in [-0.2, 0) is 17.8 Å². The van der Waals surface area contributed by atoms with Gasteiger partial charge in [0, 0.05) is 38.1 Å². The Balaban J connectivity index is 1.61. The summed E-state index contributed by atoms with van der Waals surface area (Å²) in [5.74, 6) is 0.961. The first kappa shape index (κ1) is 22.0. The van der Waals surface area contributed by atoms with E-state index in [1.54, 1.807) is 14.2 Å². The molecule has 6 heteroatoms. The van der Waals surface area contributed by atoms with E-state index in [1.807, 2.05) is 36.7 Å². The topological polar surface area (TPSA) is 67.4 Å². The first-order valence-electron chi connectivity index (χ1n) is 11.0. The van der Waals surface area contributed by atoms with Crippen LogP contribution in [0.5, 0.6) is 5.75 Å². The molecule has 1 fully saturated rings. The Morgan fingerprint density at radius 2 is 1.97 bits per heavy atom. The van der Waals surface area contributed by atoms with Crippen molar-refractivity contribution < 1.29 is 9.53 Å². The Bertz CT molecular complexity index is 1060. The third-order valence-electron chi connectivity index (χ3n) is 6.32. The van der Waals surface area contributed by atoms with Gasteiger partial charge in [-0.1, -0.05) is 36.4 Å². The number of nitrogens with one attached hydrogen (secondary N) is 1. The van der Waals surface area contributed by atoms with Crippen LogP contribution in [-0.4, -0.2) is 48.0 Å². The first-order chi connectivity index (χ1) is 15.6. The summed E-state index contributed by atoms with van der Waals surface area (Å²) in [5, 5.41) is 2.95. The standard InChI is InChI=1S/C26H30N4O2/c1-27-25(31)26(14-21-8-3-4-10-24(21)22-15-28-19-29-16-22)11-6-12-30(18-26)17-20-7-5-9-23(13-20)32-2/h3-5,7-10,13,15-16,19H,6,11-12,14,17-18H2,1-2H3,(H,27,31)/t26-/m1/s1. The van der Waals surface area contributed by atoms with Gasteiger partial charge in [-0.05, 0) is 54.6 Å². The summed E-state index contributed by atoms with van der Waals surface area (Å²) in [4.78, 5) is 24.0. The molecule has 0 bridgehead atoms. The second kappa shape index (κ2) is 9.92. The van der Waals surface area contributed by atoms with Gasteiger partial charge in [-0.2, -0.15) is 0 Å². The maximum Gasteiger partial charge on any atom is 0.227 e. The number of hydrogen-bond acceptors (Lipinski definition) is 5. The van der Waals surface area contributed by atoms with Gasteiger partial charge in [0.2, 0.25) is 5.91 Å². The molecule has 0 aliphatic carbocycles. The fourth-order valence-corrected chi connectivity index (χ4v) is 4.83. The molecule has 1 atom stereocenters. The highest BCUT2D eigenvalue weighted by Crippen LogP contribution is 2.37. The van der Waals surface area contributed by atoms with Crippen LogP contribution in [0.3, 0.4) is 0 Å². The molecule has 32 heavy (non-hydrogen) atoms. The average Bonchev–Trinajstić information content (AvgIpc) is 2.84. The van der Waals surface area contributed by atoms with Crippen LogP contribution in [0, 0.1) is 5.41 Å². The number of carbonyl (C=O) groups is 1. The number of ether oxygens (including phenoxy) is 1. The molecule has 1 N–H and O–H groups in total. The van der Waals surface area contributed by atoms with E-state index in [-0.39, 0.29) is 5.91 Å². The van der Waals surface area contributed by atoms with Crippen molar-refractivity contribution in [2.24, 2.45) is 5.41 Å². The molecule has 1 amide bonds. The molecule has 1 aliphatic rings. The quantitative estimate of drug-likeness (QED) is 0.619. The Morgan fingerprint density at radius 3 is 2.75 bits per heavy atom. The summed E-state index contributed by atoms with van der Waals surface area (Å²) in [7, 11) is 3.42. The van der Waals surface area contributed by atoms with E-state index < -0.39 is 5.41 Å². The third kappa shape index (κ3) is 4.81. The lowest BCUT2D eigenvalue weighted by atomic mass is 9.73. The molecule has 0 unspecified atom stereocenters. The van der Waals surface area contributed by atoms with Gasteiger partial charge in [0.05, 0.1) is 12.5 Å². The van der Waals surface area contributed by atoms with Crippen LogP contribution in [0.15, 0.2) is 67.3 Å². The van der Waals surface area contributed by atoms with Crippen LogP contribution in [0.2, 0.25) is 0 Å². The number of benzene rings is 2. The van der Waals surface area contributed by atoms with Crippen molar-refractivity contribution in [3.05, 3.63) is 78.4 Å². The molecule has 0 radical (unpaired) electrons. The molecule has 0 spiro atoms. The van der Waals surface area contributed by atoms with Gasteiger partial charge in [0.15, 0.2) is 0 Å². The monoisotopic (exact) mass is 430 g/mol. The molecular weight excluding hydrogens is 400 g/mol. The van der Waals surface area contributed by atoms with Crippen LogP contribution in [0.25, 0.3) is 11.1 Å². The number of piperidine rings is 1. The summed E-state index contributed by atoms with van der Waals surface area (Å²) < 4.78 is 5.38. The highest BCUT2D eigenvalue weighted by atomic mass is 16.5. The number of rotatable bonds is 7. The predicted molar refractivity (Wildman–Crippen MR) is 125 cm³/mol. The van der Waals surface area contributed by atoms with Crippen LogP contribution in [0.4, 0.5) is 0 Å². The summed E-state index contributed by atoms with van der Waals surface area (Å²) >= 11 is 0. The van der Waals surface area contributed by atoms with Crippen molar-refractivity contribution in [1.29, 1.82) is 0 Å². The maximum atomic E-state index is 13.3. The van der Waals surface area contributed by atoms with E-state index in [9.17, 15) is 4.79 Å². The normalized spacial score (nSPS) is 18.8. The summed E-state index contributed by atoms with van der Waals surface area (Å²) in [6.07, 6.45) is 7.71. The average molecular weight is 431 g/mol. The summed E-state index contributed by atoms with van der Waals surface area (Å²) in [5.41, 5.74) is 3.91.